The summed E-state index contributed by atoms with van der Waals surface area (Å²) in [6, 6.07) is 2.56. The predicted octanol–water partition coefficient (Wildman–Crippen LogP) is 3.00. The summed E-state index contributed by atoms with van der Waals surface area (Å²) in [5, 5.41) is 13.1. The van der Waals surface area contributed by atoms with E-state index in [9.17, 15) is 9.50 Å². The van der Waals surface area contributed by atoms with Crippen LogP contribution in [-0.2, 0) is 0 Å². The molecule has 2 rings (SSSR count). The van der Waals surface area contributed by atoms with Gasteiger partial charge in [0, 0.05) is 11.6 Å². The zero-order chi connectivity index (χ0) is 10.8. The van der Waals surface area contributed by atoms with Crippen molar-refractivity contribution in [3.8, 4) is 5.75 Å². The Balaban J connectivity index is 2.36. The molecule has 1 fully saturated rings. The molecule has 1 atom stereocenters. The second-order valence-electron chi connectivity index (χ2n) is 3.79. The molecule has 0 spiro atoms. The van der Waals surface area contributed by atoms with E-state index in [1.54, 1.807) is 0 Å². The Hall–Kier alpha value is -0.800. The van der Waals surface area contributed by atoms with Gasteiger partial charge in [-0.05, 0) is 31.5 Å². The van der Waals surface area contributed by atoms with Crippen molar-refractivity contribution in [2.75, 3.05) is 6.54 Å². The fourth-order valence-corrected chi connectivity index (χ4v) is 2.15. The van der Waals surface area contributed by atoms with Crippen LogP contribution in [-0.4, -0.2) is 11.7 Å². The first-order valence-corrected chi connectivity index (χ1v) is 5.48. The minimum atomic E-state index is -0.392. The molecule has 1 aliphatic rings. The van der Waals surface area contributed by atoms with Crippen LogP contribution in [0.25, 0.3) is 0 Å². The molecule has 0 aliphatic carbocycles. The Morgan fingerprint density at radius 1 is 1.40 bits per heavy atom. The van der Waals surface area contributed by atoms with Crippen molar-refractivity contribution in [1.29, 1.82) is 0 Å². The van der Waals surface area contributed by atoms with Gasteiger partial charge in [0.05, 0.1) is 5.02 Å². The lowest BCUT2D eigenvalue weighted by Gasteiger charge is -2.25. The van der Waals surface area contributed by atoms with Crippen LogP contribution in [0, 0.1) is 5.82 Å². The Morgan fingerprint density at radius 2 is 2.20 bits per heavy atom. The van der Waals surface area contributed by atoms with Crippen molar-refractivity contribution in [2.24, 2.45) is 0 Å². The minimum absolute atomic E-state index is 0.113. The van der Waals surface area contributed by atoms with Crippen LogP contribution in [0.5, 0.6) is 5.75 Å². The van der Waals surface area contributed by atoms with Gasteiger partial charge in [0.25, 0.3) is 0 Å². The van der Waals surface area contributed by atoms with Gasteiger partial charge in [-0.15, -0.1) is 0 Å². The van der Waals surface area contributed by atoms with E-state index in [0.717, 1.165) is 25.8 Å². The highest BCUT2D eigenvalue weighted by molar-refractivity contribution is 6.32. The normalized spacial score (nSPS) is 21.6. The maximum Gasteiger partial charge on any atom is 0.141 e. The molecular weight excluding hydrogens is 217 g/mol. The second-order valence-corrected chi connectivity index (χ2v) is 4.20. The summed E-state index contributed by atoms with van der Waals surface area (Å²) >= 11 is 5.76. The van der Waals surface area contributed by atoms with Gasteiger partial charge in [0.1, 0.15) is 11.6 Å². The smallest absolute Gasteiger partial charge is 0.141 e. The number of phenols is 1. The lowest BCUT2D eigenvalue weighted by Crippen LogP contribution is -2.27. The summed E-state index contributed by atoms with van der Waals surface area (Å²) < 4.78 is 13.6. The first-order chi connectivity index (χ1) is 7.20. The third-order valence-corrected chi connectivity index (χ3v) is 3.08. The van der Waals surface area contributed by atoms with Crippen LogP contribution in [0.15, 0.2) is 12.1 Å². The molecule has 1 saturated heterocycles. The van der Waals surface area contributed by atoms with Gasteiger partial charge in [-0.25, -0.2) is 4.39 Å². The Morgan fingerprint density at radius 3 is 2.87 bits per heavy atom. The van der Waals surface area contributed by atoms with E-state index in [4.69, 9.17) is 11.6 Å². The van der Waals surface area contributed by atoms with E-state index in [1.807, 2.05) is 0 Å². The van der Waals surface area contributed by atoms with Gasteiger partial charge in [-0.3, -0.25) is 0 Å². The second kappa shape index (κ2) is 4.37. The summed E-state index contributed by atoms with van der Waals surface area (Å²) in [5.41, 5.74) is 0.308. The van der Waals surface area contributed by atoms with Gasteiger partial charge < -0.3 is 10.4 Å². The summed E-state index contributed by atoms with van der Waals surface area (Å²) in [6.45, 7) is 0.857. The molecule has 0 bridgehead atoms. The third kappa shape index (κ3) is 2.08. The van der Waals surface area contributed by atoms with Crippen molar-refractivity contribution in [3.05, 3.63) is 28.5 Å². The van der Waals surface area contributed by atoms with Crippen molar-refractivity contribution >= 4 is 11.6 Å². The Labute approximate surface area is 93.1 Å². The lowest BCUT2D eigenvalue weighted by molar-refractivity contribution is 0.377. The van der Waals surface area contributed by atoms with Crippen molar-refractivity contribution in [3.63, 3.8) is 0 Å². The van der Waals surface area contributed by atoms with E-state index in [0.29, 0.717) is 5.56 Å². The fraction of sp³-hybridized carbons (Fsp3) is 0.455. The third-order valence-electron chi connectivity index (χ3n) is 2.77. The lowest BCUT2D eigenvalue weighted by atomic mass is 9.96. The van der Waals surface area contributed by atoms with Crippen LogP contribution < -0.4 is 5.32 Å². The standard InChI is InChI=1S/C11H13ClFNO/c12-7-4-5-8(13)10(11(7)15)9-3-1-2-6-14-9/h4-5,9,14-15H,1-3,6H2. The molecule has 0 saturated carbocycles. The number of piperidine rings is 1. The van der Waals surface area contributed by atoms with E-state index in [1.165, 1.54) is 12.1 Å². The first kappa shape index (κ1) is 10.7. The van der Waals surface area contributed by atoms with Gasteiger partial charge in [0.15, 0.2) is 0 Å². The highest BCUT2D eigenvalue weighted by atomic mass is 35.5. The van der Waals surface area contributed by atoms with Gasteiger partial charge in [-0.2, -0.15) is 0 Å². The van der Waals surface area contributed by atoms with E-state index in [2.05, 4.69) is 5.32 Å². The van der Waals surface area contributed by atoms with Gasteiger partial charge in [-0.1, -0.05) is 18.0 Å². The average Bonchev–Trinajstić information content (AvgIpc) is 2.26. The molecule has 0 radical (unpaired) electrons. The monoisotopic (exact) mass is 229 g/mol. The molecule has 1 heterocycles. The van der Waals surface area contributed by atoms with Crippen LogP contribution in [0.3, 0.4) is 0 Å². The zero-order valence-electron chi connectivity index (χ0n) is 8.26. The van der Waals surface area contributed by atoms with Crippen LogP contribution in [0.1, 0.15) is 30.9 Å². The van der Waals surface area contributed by atoms with Crippen molar-refractivity contribution in [2.45, 2.75) is 25.3 Å². The molecule has 1 aromatic rings. The van der Waals surface area contributed by atoms with Crippen molar-refractivity contribution < 1.29 is 9.50 Å². The molecular formula is C11H13ClFNO. The fourth-order valence-electron chi connectivity index (χ4n) is 1.99. The Kier molecular flexibility index (Phi) is 3.12. The molecule has 0 aromatic heterocycles. The van der Waals surface area contributed by atoms with Crippen molar-refractivity contribution in [1.82, 2.24) is 5.32 Å². The molecule has 4 heteroatoms. The summed E-state index contributed by atoms with van der Waals surface area (Å²) in [4.78, 5) is 0. The average molecular weight is 230 g/mol. The number of aromatic hydroxyl groups is 1. The Bertz CT molecular complexity index is 364. The van der Waals surface area contributed by atoms with Crippen LogP contribution in [0.4, 0.5) is 4.39 Å². The number of hydrogen-bond acceptors (Lipinski definition) is 2. The highest BCUT2D eigenvalue weighted by Crippen LogP contribution is 2.36. The van der Waals surface area contributed by atoms with E-state index < -0.39 is 5.82 Å². The number of benzene rings is 1. The molecule has 1 aromatic carbocycles. The number of rotatable bonds is 1. The number of phenolic OH excluding ortho intramolecular Hbond substituents is 1. The topological polar surface area (TPSA) is 32.3 Å². The summed E-state index contributed by atoms with van der Waals surface area (Å²) in [5.74, 6) is -0.521. The van der Waals surface area contributed by atoms with E-state index in [-0.39, 0.29) is 16.8 Å². The molecule has 82 valence electrons. The molecule has 15 heavy (non-hydrogen) atoms. The summed E-state index contributed by atoms with van der Waals surface area (Å²) in [6.07, 6.45) is 2.98. The molecule has 1 unspecified atom stereocenters. The molecule has 0 amide bonds. The highest BCUT2D eigenvalue weighted by Gasteiger charge is 2.22. The quantitative estimate of drug-likeness (QED) is 0.776. The number of halogens is 2. The first-order valence-electron chi connectivity index (χ1n) is 5.10. The number of nitrogens with one attached hydrogen (secondary N) is 1. The van der Waals surface area contributed by atoms with Crippen LogP contribution >= 0.6 is 11.6 Å². The van der Waals surface area contributed by atoms with E-state index >= 15 is 0 Å². The predicted molar refractivity (Wildman–Crippen MR) is 57.7 cm³/mol. The SMILES string of the molecule is Oc1c(Cl)ccc(F)c1C1CCCCN1. The largest absolute Gasteiger partial charge is 0.506 e. The maximum absolute atomic E-state index is 13.6. The zero-order valence-corrected chi connectivity index (χ0v) is 9.02. The maximum atomic E-state index is 13.6. The van der Waals surface area contributed by atoms with Gasteiger partial charge in [0.2, 0.25) is 0 Å². The van der Waals surface area contributed by atoms with Gasteiger partial charge >= 0.3 is 0 Å². The molecule has 2 N–H and O–H groups in total. The minimum Gasteiger partial charge on any atom is -0.506 e. The summed E-state index contributed by atoms with van der Waals surface area (Å²) in [7, 11) is 0. The molecule has 1 aliphatic heterocycles. The molecule has 2 nitrogen and oxygen atoms in total. The number of hydrogen-bond donors (Lipinski definition) is 2. The van der Waals surface area contributed by atoms with Crippen LogP contribution in [0.2, 0.25) is 5.02 Å².